The van der Waals surface area contributed by atoms with Gasteiger partial charge in [0, 0.05) is 6.42 Å². The van der Waals surface area contributed by atoms with Gasteiger partial charge >= 0.3 is 35.5 Å². The van der Waals surface area contributed by atoms with Crippen LogP contribution >= 0.6 is 0 Å². The van der Waals surface area contributed by atoms with Crippen molar-refractivity contribution in [3.63, 3.8) is 0 Å². The Morgan fingerprint density at radius 2 is 1.78 bits per heavy atom. The molecule has 2 aromatic carbocycles. The molecule has 0 spiro atoms. The number of aliphatic carboxylic acids is 1. The first-order valence-electron chi connectivity index (χ1n) is 7.85. The standard InChI is InChI=1S/C19H16FN3O3.Na.H/c1-12-17(18(24)23(22-12)15-9-7-14(20)8-10-15)21-16(19(25)26)11-13-5-3-2-4-6-13;;/h2-10,24H,11H2,1H3,(H,25,26);;/b21-16+;;. The number of aromatic hydroxyl groups is 1. The van der Waals surface area contributed by atoms with Crippen molar-refractivity contribution in [3.8, 4) is 11.6 Å². The van der Waals surface area contributed by atoms with Gasteiger partial charge in [-0.3, -0.25) is 0 Å². The van der Waals surface area contributed by atoms with Crippen LogP contribution in [0.1, 0.15) is 11.3 Å². The quantitative estimate of drug-likeness (QED) is 0.529. The fourth-order valence-electron chi connectivity index (χ4n) is 2.49. The molecule has 3 aromatic rings. The second-order valence-corrected chi connectivity index (χ2v) is 5.67. The van der Waals surface area contributed by atoms with Gasteiger partial charge < -0.3 is 10.2 Å². The van der Waals surface area contributed by atoms with E-state index in [9.17, 15) is 19.4 Å². The van der Waals surface area contributed by atoms with E-state index in [2.05, 4.69) is 10.1 Å². The summed E-state index contributed by atoms with van der Waals surface area (Å²) in [6.07, 6.45) is 0.108. The molecule has 0 aliphatic rings. The van der Waals surface area contributed by atoms with Crippen LogP contribution in [0.5, 0.6) is 5.88 Å². The van der Waals surface area contributed by atoms with Crippen molar-refractivity contribution in [2.24, 2.45) is 4.99 Å². The van der Waals surface area contributed by atoms with Crippen LogP contribution in [-0.2, 0) is 11.2 Å². The Bertz CT molecular complexity index is 970. The maximum atomic E-state index is 13.1. The second-order valence-electron chi connectivity index (χ2n) is 5.67. The summed E-state index contributed by atoms with van der Waals surface area (Å²) in [6, 6.07) is 14.5. The zero-order chi connectivity index (χ0) is 18.7. The zero-order valence-electron chi connectivity index (χ0n) is 13.9. The van der Waals surface area contributed by atoms with E-state index in [0.717, 1.165) is 5.56 Å². The van der Waals surface area contributed by atoms with Crippen molar-refractivity contribution in [1.82, 2.24) is 9.78 Å². The maximum absolute atomic E-state index is 13.1. The van der Waals surface area contributed by atoms with Gasteiger partial charge in [0.25, 0.3) is 0 Å². The molecule has 0 unspecified atom stereocenters. The Kier molecular flexibility index (Phi) is 6.90. The Labute approximate surface area is 177 Å². The predicted molar refractivity (Wildman–Crippen MR) is 102 cm³/mol. The van der Waals surface area contributed by atoms with Crippen LogP contribution in [-0.4, -0.2) is 61.2 Å². The fraction of sp³-hybridized carbons (Fsp3) is 0.105. The number of carboxylic acid groups (broad SMARTS) is 1. The van der Waals surface area contributed by atoms with Crippen molar-refractivity contribution in [1.29, 1.82) is 0 Å². The molecule has 0 aliphatic carbocycles. The summed E-state index contributed by atoms with van der Waals surface area (Å²) in [7, 11) is 0. The van der Waals surface area contributed by atoms with Crippen molar-refractivity contribution in [2.75, 3.05) is 0 Å². The summed E-state index contributed by atoms with van der Waals surface area (Å²) in [4.78, 5) is 15.7. The molecule has 1 aromatic heterocycles. The number of hydrogen-bond acceptors (Lipinski definition) is 4. The van der Waals surface area contributed by atoms with Crippen LogP contribution < -0.4 is 0 Å². The molecule has 0 radical (unpaired) electrons. The fourth-order valence-corrected chi connectivity index (χ4v) is 2.49. The average molecular weight is 377 g/mol. The third-order valence-electron chi connectivity index (χ3n) is 3.78. The van der Waals surface area contributed by atoms with Crippen molar-refractivity contribution >= 4 is 46.9 Å². The summed E-state index contributed by atoms with van der Waals surface area (Å²) in [5, 5.41) is 24.1. The first-order valence-corrected chi connectivity index (χ1v) is 7.85. The molecule has 1 heterocycles. The average Bonchev–Trinajstić information content (AvgIpc) is 2.90. The number of carboxylic acids is 1. The molecule has 0 bridgehead atoms. The number of aliphatic imine (C=N–C) groups is 1. The van der Waals surface area contributed by atoms with Crippen LogP contribution in [0, 0.1) is 12.7 Å². The van der Waals surface area contributed by atoms with Gasteiger partial charge in [-0.2, -0.15) is 9.78 Å². The monoisotopic (exact) mass is 377 g/mol. The number of benzene rings is 2. The second kappa shape index (κ2) is 8.94. The van der Waals surface area contributed by atoms with Gasteiger partial charge in [-0.1, -0.05) is 30.3 Å². The van der Waals surface area contributed by atoms with E-state index in [4.69, 9.17) is 0 Å². The zero-order valence-corrected chi connectivity index (χ0v) is 13.9. The molecule has 0 saturated heterocycles. The first kappa shape index (κ1) is 20.8. The van der Waals surface area contributed by atoms with E-state index in [1.165, 1.54) is 28.9 Å². The molecule has 27 heavy (non-hydrogen) atoms. The van der Waals surface area contributed by atoms with E-state index in [1.807, 2.05) is 18.2 Å². The SMILES string of the molecule is Cc1nn(-c2ccc(F)cc2)c(O)c1/N=C(\Cc1ccccc1)C(=O)O.[NaH]. The molecule has 0 saturated carbocycles. The van der Waals surface area contributed by atoms with Gasteiger partial charge in [0.2, 0.25) is 5.88 Å². The normalized spacial score (nSPS) is 11.1. The van der Waals surface area contributed by atoms with E-state index in [1.54, 1.807) is 19.1 Å². The van der Waals surface area contributed by atoms with Crippen molar-refractivity contribution in [3.05, 3.63) is 71.7 Å². The van der Waals surface area contributed by atoms with Crippen molar-refractivity contribution < 1.29 is 19.4 Å². The number of carbonyl (C=O) groups is 1. The Morgan fingerprint density at radius 1 is 1.15 bits per heavy atom. The molecule has 0 amide bonds. The van der Waals surface area contributed by atoms with Crippen molar-refractivity contribution in [2.45, 2.75) is 13.3 Å². The predicted octanol–water partition coefficient (Wildman–Crippen LogP) is 2.78. The molecular formula is C19H17FN3NaO3. The number of aromatic nitrogens is 2. The summed E-state index contributed by atoms with van der Waals surface area (Å²) in [6.45, 7) is 1.61. The number of rotatable bonds is 5. The summed E-state index contributed by atoms with van der Waals surface area (Å²) in [5.41, 5.74) is 1.54. The molecule has 8 heteroatoms. The van der Waals surface area contributed by atoms with Crippen LogP contribution in [0.4, 0.5) is 10.1 Å². The van der Waals surface area contributed by atoms with Gasteiger partial charge in [0.15, 0.2) is 0 Å². The van der Waals surface area contributed by atoms with Gasteiger partial charge in [-0.15, -0.1) is 0 Å². The van der Waals surface area contributed by atoms with Gasteiger partial charge in [0.1, 0.15) is 17.2 Å². The Morgan fingerprint density at radius 3 is 2.37 bits per heavy atom. The number of hydrogen-bond donors (Lipinski definition) is 2. The number of nitrogens with zero attached hydrogens (tertiary/aromatic N) is 3. The van der Waals surface area contributed by atoms with Crippen LogP contribution in [0.25, 0.3) is 5.69 Å². The molecular weight excluding hydrogens is 360 g/mol. The minimum atomic E-state index is -1.18. The molecule has 6 nitrogen and oxygen atoms in total. The van der Waals surface area contributed by atoms with E-state index < -0.39 is 11.8 Å². The van der Waals surface area contributed by atoms with Crippen LogP contribution in [0.15, 0.2) is 59.6 Å². The van der Waals surface area contributed by atoms with Gasteiger partial charge in [-0.25, -0.2) is 14.2 Å². The molecule has 3 rings (SSSR count). The Hall–Kier alpha value is -2.48. The van der Waals surface area contributed by atoms with E-state index in [0.29, 0.717) is 11.4 Å². The van der Waals surface area contributed by atoms with Gasteiger partial charge in [-0.05, 0) is 36.8 Å². The van der Waals surface area contributed by atoms with Crippen LogP contribution in [0.2, 0.25) is 0 Å². The topological polar surface area (TPSA) is 87.7 Å². The Balaban J connectivity index is 0.00000261. The van der Waals surface area contributed by atoms with E-state index >= 15 is 0 Å². The molecule has 2 N–H and O–H groups in total. The molecule has 0 fully saturated rings. The molecule has 0 aliphatic heterocycles. The van der Waals surface area contributed by atoms with Crippen LogP contribution in [0.3, 0.4) is 0 Å². The third-order valence-corrected chi connectivity index (χ3v) is 3.78. The third kappa shape index (κ3) is 4.82. The first-order chi connectivity index (χ1) is 12.5. The number of halogens is 1. The molecule has 0 atom stereocenters. The van der Waals surface area contributed by atoms with E-state index in [-0.39, 0.29) is 53.3 Å². The summed E-state index contributed by atoms with van der Waals surface area (Å²) < 4.78 is 14.3. The number of aryl methyl sites for hydroxylation is 1. The minimum absolute atomic E-state index is 0. The summed E-state index contributed by atoms with van der Waals surface area (Å²) >= 11 is 0. The summed E-state index contributed by atoms with van der Waals surface area (Å²) in [5.74, 6) is -1.89. The molecule has 134 valence electrons. The van der Waals surface area contributed by atoms with Gasteiger partial charge in [0.05, 0.1) is 11.4 Å².